The molecule has 1 atom stereocenters. The second-order valence-corrected chi connectivity index (χ2v) is 1.63. The third-order valence-corrected chi connectivity index (χ3v) is 0.909. The molecule has 0 aliphatic heterocycles. The van der Waals surface area contributed by atoms with Gasteiger partial charge in [-0.05, 0) is 0 Å². The van der Waals surface area contributed by atoms with Gasteiger partial charge in [0.15, 0.2) is 0 Å². The number of alkyl halides is 1. The molecular weight excluding hydrogens is 115 g/mol. The van der Waals surface area contributed by atoms with E-state index in [2.05, 4.69) is 0 Å². The SMILES string of the molecule is NCC(Cl)C(N)=O. The quantitative estimate of drug-likeness (QED) is 0.463. The van der Waals surface area contributed by atoms with Crippen molar-refractivity contribution in [1.82, 2.24) is 0 Å². The van der Waals surface area contributed by atoms with Crippen LogP contribution in [0.15, 0.2) is 0 Å². The number of halogens is 1. The largest absolute Gasteiger partial charge is 0.368 e. The van der Waals surface area contributed by atoms with Crippen molar-refractivity contribution in [3.63, 3.8) is 0 Å². The maximum absolute atomic E-state index is 9.94. The lowest BCUT2D eigenvalue weighted by Gasteiger charge is -1.95. The summed E-state index contributed by atoms with van der Waals surface area (Å²) in [5, 5.41) is -0.708. The van der Waals surface area contributed by atoms with Gasteiger partial charge in [-0.3, -0.25) is 4.79 Å². The Hall–Kier alpha value is -0.280. The molecule has 0 spiro atoms. The molecule has 42 valence electrons. The Bertz CT molecular complexity index is 75.3. The monoisotopic (exact) mass is 122 g/mol. The first-order valence-corrected chi connectivity index (χ1v) is 2.25. The molecule has 0 aromatic rings. The number of rotatable bonds is 2. The summed E-state index contributed by atoms with van der Waals surface area (Å²) >= 11 is 5.20. The van der Waals surface area contributed by atoms with Gasteiger partial charge in [-0.1, -0.05) is 0 Å². The van der Waals surface area contributed by atoms with Crippen molar-refractivity contribution < 1.29 is 4.79 Å². The van der Waals surface area contributed by atoms with Crippen molar-refractivity contribution in [2.75, 3.05) is 6.54 Å². The molecule has 0 aromatic carbocycles. The second kappa shape index (κ2) is 2.82. The summed E-state index contributed by atoms with van der Waals surface area (Å²) in [4.78, 5) is 9.94. The van der Waals surface area contributed by atoms with E-state index >= 15 is 0 Å². The summed E-state index contributed by atoms with van der Waals surface area (Å²) in [6.07, 6.45) is 0. The van der Waals surface area contributed by atoms with Crippen LogP contribution >= 0.6 is 11.6 Å². The average Bonchev–Trinajstić information content (AvgIpc) is 1.65. The zero-order valence-electron chi connectivity index (χ0n) is 3.73. The lowest BCUT2D eigenvalue weighted by Crippen LogP contribution is -2.30. The van der Waals surface area contributed by atoms with Crippen molar-refractivity contribution in [3.05, 3.63) is 0 Å². The van der Waals surface area contributed by atoms with Gasteiger partial charge in [0.05, 0.1) is 0 Å². The van der Waals surface area contributed by atoms with Gasteiger partial charge in [0.1, 0.15) is 5.38 Å². The summed E-state index contributed by atoms with van der Waals surface area (Å²) in [6.45, 7) is 0.108. The molecule has 0 bridgehead atoms. The maximum Gasteiger partial charge on any atom is 0.236 e. The predicted molar refractivity (Wildman–Crippen MR) is 27.9 cm³/mol. The molecule has 4 heteroatoms. The van der Waals surface area contributed by atoms with Crippen LogP contribution in [0.5, 0.6) is 0 Å². The van der Waals surface area contributed by atoms with Gasteiger partial charge >= 0.3 is 0 Å². The Morgan fingerprint density at radius 3 is 2.29 bits per heavy atom. The van der Waals surface area contributed by atoms with Gasteiger partial charge in [-0.15, -0.1) is 11.6 Å². The van der Waals surface area contributed by atoms with Crippen LogP contribution in [-0.2, 0) is 4.79 Å². The van der Waals surface area contributed by atoms with Gasteiger partial charge in [-0.2, -0.15) is 0 Å². The standard InChI is InChI=1S/C3H7ClN2O/c4-2(1-5)3(6)7/h2H,1,5H2,(H2,6,7). The third-order valence-electron chi connectivity index (χ3n) is 0.516. The molecule has 0 saturated heterocycles. The smallest absolute Gasteiger partial charge is 0.236 e. The van der Waals surface area contributed by atoms with Crippen molar-refractivity contribution in [1.29, 1.82) is 0 Å². The number of hydrogen-bond donors (Lipinski definition) is 2. The molecular formula is C3H7ClN2O. The van der Waals surface area contributed by atoms with E-state index in [-0.39, 0.29) is 6.54 Å². The number of hydrogen-bond acceptors (Lipinski definition) is 2. The fourth-order valence-electron chi connectivity index (χ4n) is 0.116. The van der Waals surface area contributed by atoms with Crippen LogP contribution in [-0.4, -0.2) is 17.8 Å². The first kappa shape index (κ1) is 6.72. The second-order valence-electron chi connectivity index (χ2n) is 1.11. The Morgan fingerprint density at radius 1 is 1.86 bits per heavy atom. The van der Waals surface area contributed by atoms with Crippen molar-refractivity contribution in [2.45, 2.75) is 5.38 Å². The van der Waals surface area contributed by atoms with Crippen LogP contribution in [0.2, 0.25) is 0 Å². The molecule has 4 N–H and O–H groups in total. The number of nitrogens with two attached hydrogens (primary N) is 2. The van der Waals surface area contributed by atoms with E-state index in [1.165, 1.54) is 0 Å². The molecule has 0 aliphatic carbocycles. The lowest BCUT2D eigenvalue weighted by atomic mass is 10.4. The fraction of sp³-hybridized carbons (Fsp3) is 0.667. The molecule has 0 rings (SSSR count). The molecule has 1 unspecified atom stereocenters. The van der Waals surface area contributed by atoms with Gasteiger partial charge in [0.25, 0.3) is 0 Å². The first-order chi connectivity index (χ1) is 3.18. The van der Waals surface area contributed by atoms with Gasteiger partial charge < -0.3 is 11.5 Å². The Labute approximate surface area is 46.6 Å². The molecule has 0 saturated carbocycles. The van der Waals surface area contributed by atoms with E-state index in [0.29, 0.717) is 0 Å². The van der Waals surface area contributed by atoms with Gasteiger partial charge in [0, 0.05) is 6.54 Å². The number of primary amides is 1. The van der Waals surface area contributed by atoms with Gasteiger partial charge in [-0.25, -0.2) is 0 Å². The van der Waals surface area contributed by atoms with E-state index < -0.39 is 11.3 Å². The molecule has 0 aromatic heterocycles. The Kier molecular flexibility index (Phi) is 2.71. The third kappa shape index (κ3) is 2.42. The molecule has 0 fully saturated rings. The Balaban J connectivity index is 3.34. The lowest BCUT2D eigenvalue weighted by molar-refractivity contribution is -0.117. The predicted octanol–water partition coefficient (Wildman–Crippen LogP) is -0.962. The summed E-state index contributed by atoms with van der Waals surface area (Å²) < 4.78 is 0. The maximum atomic E-state index is 9.94. The zero-order chi connectivity index (χ0) is 5.86. The summed E-state index contributed by atoms with van der Waals surface area (Å²) in [5.74, 6) is -0.566. The fourth-order valence-corrected chi connectivity index (χ4v) is 0.116. The van der Waals surface area contributed by atoms with E-state index in [0.717, 1.165) is 0 Å². The normalized spacial score (nSPS) is 13.4. The highest BCUT2D eigenvalue weighted by molar-refractivity contribution is 6.30. The summed E-state index contributed by atoms with van der Waals surface area (Å²) in [6, 6.07) is 0. The molecule has 0 aliphatic rings. The van der Waals surface area contributed by atoms with Gasteiger partial charge in [0.2, 0.25) is 5.91 Å². The highest BCUT2D eigenvalue weighted by Crippen LogP contribution is 1.87. The first-order valence-electron chi connectivity index (χ1n) is 1.82. The molecule has 0 radical (unpaired) electrons. The summed E-state index contributed by atoms with van der Waals surface area (Å²) in [5.41, 5.74) is 9.64. The van der Waals surface area contributed by atoms with Crippen LogP contribution in [0.3, 0.4) is 0 Å². The minimum atomic E-state index is -0.708. The van der Waals surface area contributed by atoms with Crippen LogP contribution in [0.4, 0.5) is 0 Å². The minimum Gasteiger partial charge on any atom is -0.368 e. The van der Waals surface area contributed by atoms with Crippen molar-refractivity contribution in [2.24, 2.45) is 11.5 Å². The molecule has 7 heavy (non-hydrogen) atoms. The highest BCUT2D eigenvalue weighted by atomic mass is 35.5. The number of carbonyl (C=O) groups is 1. The minimum absolute atomic E-state index is 0.108. The van der Waals surface area contributed by atoms with E-state index in [1.54, 1.807) is 0 Å². The van der Waals surface area contributed by atoms with Crippen LogP contribution in [0.1, 0.15) is 0 Å². The van der Waals surface area contributed by atoms with Crippen molar-refractivity contribution in [3.8, 4) is 0 Å². The molecule has 3 nitrogen and oxygen atoms in total. The van der Waals surface area contributed by atoms with Crippen molar-refractivity contribution >= 4 is 17.5 Å². The van der Waals surface area contributed by atoms with E-state index in [1.807, 2.05) is 0 Å². The van der Waals surface area contributed by atoms with E-state index in [4.69, 9.17) is 23.1 Å². The van der Waals surface area contributed by atoms with E-state index in [9.17, 15) is 4.79 Å². The van der Waals surface area contributed by atoms with Crippen LogP contribution < -0.4 is 11.5 Å². The highest BCUT2D eigenvalue weighted by Gasteiger charge is 2.05. The summed E-state index contributed by atoms with van der Waals surface area (Å²) in [7, 11) is 0. The zero-order valence-corrected chi connectivity index (χ0v) is 4.48. The number of carbonyl (C=O) groups excluding carboxylic acids is 1. The average molecular weight is 123 g/mol. The molecule has 1 amide bonds. The topological polar surface area (TPSA) is 69.1 Å². The Morgan fingerprint density at radius 2 is 2.29 bits per heavy atom. The molecule has 0 heterocycles. The van der Waals surface area contributed by atoms with Crippen LogP contribution in [0.25, 0.3) is 0 Å². The van der Waals surface area contributed by atoms with Crippen LogP contribution in [0, 0.1) is 0 Å². The number of amides is 1.